The molecule has 4 nitrogen and oxygen atoms in total. The van der Waals surface area contributed by atoms with E-state index < -0.39 is 11.9 Å². The van der Waals surface area contributed by atoms with Crippen LogP contribution < -0.4 is 0 Å². The van der Waals surface area contributed by atoms with Gasteiger partial charge in [0.2, 0.25) is 0 Å². The van der Waals surface area contributed by atoms with Crippen molar-refractivity contribution in [2.75, 3.05) is 0 Å². The van der Waals surface area contributed by atoms with Gasteiger partial charge in [-0.1, -0.05) is 39.5 Å². The SMILES string of the molecule is CCCCC(CC(CCC)CC(=O)O)C(=O)O. The van der Waals surface area contributed by atoms with Crippen LogP contribution in [0, 0.1) is 11.8 Å². The lowest BCUT2D eigenvalue weighted by Crippen LogP contribution is -2.19. The molecule has 2 atom stereocenters. The van der Waals surface area contributed by atoms with Gasteiger partial charge in [0.05, 0.1) is 5.92 Å². The van der Waals surface area contributed by atoms with Crippen molar-refractivity contribution in [3.8, 4) is 0 Å². The van der Waals surface area contributed by atoms with Gasteiger partial charge >= 0.3 is 11.9 Å². The fourth-order valence-corrected chi connectivity index (χ4v) is 2.15. The molecule has 17 heavy (non-hydrogen) atoms. The monoisotopic (exact) mass is 244 g/mol. The topological polar surface area (TPSA) is 74.6 Å². The van der Waals surface area contributed by atoms with Crippen LogP contribution in [0.4, 0.5) is 0 Å². The van der Waals surface area contributed by atoms with Crippen molar-refractivity contribution in [1.82, 2.24) is 0 Å². The molecule has 100 valence electrons. The first-order chi connectivity index (χ1) is 8.01. The number of carboxylic acids is 2. The van der Waals surface area contributed by atoms with Crippen molar-refractivity contribution < 1.29 is 19.8 Å². The fourth-order valence-electron chi connectivity index (χ4n) is 2.15. The van der Waals surface area contributed by atoms with Gasteiger partial charge in [0.25, 0.3) is 0 Å². The van der Waals surface area contributed by atoms with E-state index in [0.29, 0.717) is 12.8 Å². The molecule has 0 bridgehead atoms. The predicted octanol–water partition coefficient (Wildman–Crippen LogP) is 3.16. The van der Waals surface area contributed by atoms with E-state index in [1.807, 2.05) is 13.8 Å². The van der Waals surface area contributed by atoms with Gasteiger partial charge < -0.3 is 10.2 Å². The van der Waals surface area contributed by atoms with Gasteiger partial charge in [0.1, 0.15) is 0 Å². The van der Waals surface area contributed by atoms with Crippen molar-refractivity contribution in [1.29, 1.82) is 0 Å². The summed E-state index contributed by atoms with van der Waals surface area (Å²) >= 11 is 0. The van der Waals surface area contributed by atoms with Crippen LogP contribution in [0.3, 0.4) is 0 Å². The minimum atomic E-state index is -0.830. The molecule has 0 aliphatic carbocycles. The highest BCUT2D eigenvalue weighted by Gasteiger charge is 2.23. The maximum atomic E-state index is 11.1. The predicted molar refractivity (Wildman–Crippen MR) is 65.9 cm³/mol. The van der Waals surface area contributed by atoms with Crippen molar-refractivity contribution >= 4 is 11.9 Å². The molecule has 0 radical (unpaired) electrons. The van der Waals surface area contributed by atoms with Crippen LogP contribution in [0.25, 0.3) is 0 Å². The Bertz CT molecular complexity index is 238. The van der Waals surface area contributed by atoms with Crippen LogP contribution in [-0.2, 0) is 9.59 Å². The Kier molecular flexibility index (Phi) is 8.46. The maximum absolute atomic E-state index is 11.1. The van der Waals surface area contributed by atoms with Crippen LogP contribution >= 0.6 is 0 Å². The third-order valence-electron chi connectivity index (χ3n) is 3.03. The molecular weight excluding hydrogens is 220 g/mol. The van der Waals surface area contributed by atoms with E-state index in [2.05, 4.69) is 0 Å². The van der Waals surface area contributed by atoms with Gasteiger partial charge in [0, 0.05) is 6.42 Å². The maximum Gasteiger partial charge on any atom is 0.306 e. The van der Waals surface area contributed by atoms with Crippen molar-refractivity contribution in [3.63, 3.8) is 0 Å². The number of rotatable bonds is 10. The lowest BCUT2D eigenvalue weighted by molar-refractivity contribution is -0.144. The summed E-state index contributed by atoms with van der Waals surface area (Å²) in [6, 6.07) is 0. The number of unbranched alkanes of at least 4 members (excludes halogenated alkanes) is 1. The Balaban J connectivity index is 4.33. The highest BCUT2D eigenvalue weighted by molar-refractivity contribution is 5.70. The smallest absolute Gasteiger partial charge is 0.306 e. The second kappa shape index (κ2) is 9.02. The van der Waals surface area contributed by atoms with E-state index in [1.165, 1.54) is 0 Å². The van der Waals surface area contributed by atoms with Gasteiger partial charge in [-0.05, 0) is 18.8 Å². The quantitative estimate of drug-likeness (QED) is 0.619. The van der Waals surface area contributed by atoms with Gasteiger partial charge in [-0.2, -0.15) is 0 Å². The Labute approximate surface area is 103 Å². The Morgan fingerprint density at radius 3 is 2.12 bits per heavy atom. The second-order valence-corrected chi connectivity index (χ2v) is 4.67. The Morgan fingerprint density at radius 1 is 1.06 bits per heavy atom. The zero-order valence-corrected chi connectivity index (χ0v) is 10.8. The molecule has 0 heterocycles. The molecule has 0 aromatic rings. The summed E-state index contributed by atoms with van der Waals surface area (Å²) in [5.41, 5.74) is 0. The standard InChI is InChI=1S/C13H24O4/c1-3-5-7-11(13(16)17)8-10(6-4-2)9-12(14)15/h10-11H,3-9H2,1-2H3,(H,14,15)(H,16,17). The minimum absolute atomic E-state index is 0.00421. The first-order valence-electron chi connectivity index (χ1n) is 6.45. The van der Waals surface area contributed by atoms with Crippen molar-refractivity contribution in [2.24, 2.45) is 11.8 Å². The third-order valence-corrected chi connectivity index (χ3v) is 3.03. The molecule has 0 aromatic carbocycles. The molecule has 2 unspecified atom stereocenters. The van der Waals surface area contributed by atoms with Crippen molar-refractivity contribution in [2.45, 2.75) is 58.8 Å². The molecule has 0 amide bonds. The number of hydrogen-bond acceptors (Lipinski definition) is 2. The van der Waals surface area contributed by atoms with Crippen LogP contribution in [0.2, 0.25) is 0 Å². The lowest BCUT2D eigenvalue weighted by Gasteiger charge is -2.19. The molecule has 2 N–H and O–H groups in total. The average molecular weight is 244 g/mol. The molecule has 0 aromatic heterocycles. The normalized spacial score (nSPS) is 14.2. The van der Waals surface area contributed by atoms with Gasteiger partial charge in [-0.25, -0.2) is 0 Å². The third kappa shape index (κ3) is 7.77. The first-order valence-corrected chi connectivity index (χ1v) is 6.45. The van der Waals surface area contributed by atoms with E-state index in [9.17, 15) is 9.59 Å². The highest BCUT2D eigenvalue weighted by Crippen LogP contribution is 2.24. The summed E-state index contributed by atoms with van der Waals surface area (Å²) in [6.07, 6.45) is 4.80. The van der Waals surface area contributed by atoms with E-state index in [-0.39, 0.29) is 18.3 Å². The van der Waals surface area contributed by atoms with Crippen LogP contribution in [0.1, 0.15) is 58.8 Å². The van der Waals surface area contributed by atoms with Gasteiger partial charge in [-0.15, -0.1) is 0 Å². The summed E-state index contributed by atoms with van der Waals surface area (Å²) in [4.78, 5) is 21.8. The summed E-state index contributed by atoms with van der Waals surface area (Å²) in [6.45, 7) is 4.02. The molecular formula is C13H24O4. The zero-order valence-electron chi connectivity index (χ0n) is 10.8. The highest BCUT2D eigenvalue weighted by atomic mass is 16.4. The van der Waals surface area contributed by atoms with Gasteiger partial charge in [-0.3, -0.25) is 9.59 Å². The van der Waals surface area contributed by atoms with Crippen LogP contribution in [0.5, 0.6) is 0 Å². The summed E-state index contributed by atoms with van der Waals surface area (Å²) in [5, 5.41) is 17.9. The van der Waals surface area contributed by atoms with E-state index >= 15 is 0 Å². The minimum Gasteiger partial charge on any atom is -0.481 e. The lowest BCUT2D eigenvalue weighted by atomic mass is 9.86. The number of carboxylic acid groups (broad SMARTS) is 2. The number of hydrogen-bond donors (Lipinski definition) is 2. The first kappa shape index (κ1) is 15.9. The second-order valence-electron chi connectivity index (χ2n) is 4.67. The summed E-state index contributed by atoms with van der Waals surface area (Å²) in [7, 11) is 0. The fraction of sp³-hybridized carbons (Fsp3) is 0.846. The molecule has 4 heteroatoms. The average Bonchev–Trinajstić information content (AvgIpc) is 2.23. The molecule has 0 aliphatic heterocycles. The van der Waals surface area contributed by atoms with Crippen LogP contribution in [0.15, 0.2) is 0 Å². The summed E-state index contributed by atoms with van der Waals surface area (Å²) in [5.74, 6) is -2.01. The molecule has 0 spiro atoms. The number of carbonyl (C=O) groups is 2. The van der Waals surface area contributed by atoms with Gasteiger partial charge in [0.15, 0.2) is 0 Å². The largest absolute Gasteiger partial charge is 0.481 e. The van der Waals surface area contributed by atoms with Crippen LogP contribution in [-0.4, -0.2) is 22.2 Å². The zero-order chi connectivity index (χ0) is 13.3. The molecule has 0 rings (SSSR count). The Morgan fingerprint density at radius 2 is 1.71 bits per heavy atom. The molecule has 0 fully saturated rings. The molecule has 0 saturated heterocycles. The van der Waals surface area contributed by atoms with E-state index in [4.69, 9.17) is 10.2 Å². The van der Waals surface area contributed by atoms with E-state index in [1.54, 1.807) is 0 Å². The van der Waals surface area contributed by atoms with Crippen molar-refractivity contribution in [3.05, 3.63) is 0 Å². The molecule has 0 saturated carbocycles. The molecule has 0 aliphatic rings. The number of aliphatic carboxylic acids is 2. The summed E-state index contributed by atoms with van der Waals surface area (Å²) < 4.78 is 0. The van der Waals surface area contributed by atoms with E-state index in [0.717, 1.165) is 25.7 Å². The Hall–Kier alpha value is -1.06.